The van der Waals surface area contributed by atoms with E-state index >= 15 is 0 Å². The van der Waals surface area contributed by atoms with Crippen molar-refractivity contribution in [2.45, 2.75) is 37.5 Å². The molecule has 1 fully saturated rings. The van der Waals surface area contributed by atoms with Crippen molar-refractivity contribution in [3.63, 3.8) is 0 Å². The molecule has 0 amide bonds. The zero-order valence-electron chi connectivity index (χ0n) is 12.1. The first-order valence-corrected chi connectivity index (χ1v) is 8.91. The van der Waals surface area contributed by atoms with Crippen molar-refractivity contribution >= 4 is 10.0 Å². The van der Waals surface area contributed by atoms with Gasteiger partial charge in [0.1, 0.15) is 0 Å². The van der Waals surface area contributed by atoms with Crippen molar-refractivity contribution in [1.29, 1.82) is 0 Å². The van der Waals surface area contributed by atoms with Gasteiger partial charge in [0, 0.05) is 6.54 Å². The molecule has 1 heterocycles. The Balaban J connectivity index is 1.80. The minimum Gasteiger partial charge on any atom is -0.303 e. The van der Waals surface area contributed by atoms with Gasteiger partial charge in [0.15, 0.2) is 0 Å². The second-order valence-electron chi connectivity index (χ2n) is 5.30. The molecule has 0 spiro atoms. The summed E-state index contributed by atoms with van der Waals surface area (Å²) in [6, 6.07) is 7.11. The normalized spacial score (nSPS) is 16.6. The summed E-state index contributed by atoms with van der Waals surface area (Å²) in [5.41, 5.74) is 1.15. The zero-order valence-corrected chi connectivity index (χ0v) is 13.0. The smallest absolute Gasteiger partial charge is 0.240 e. The molecule has 1 saturated heterocycles. The van der Waals surface area contributed by atoms with Crippen LogP contribution in [0.3, 0.4) is 0 Å². The van der Waals surface area contributed by atoms with Crippen molar-refractivity contribution in [3.05, 3.63) is 29.8 Å². The van der Waals surface area contributed by atoms with Gasteiger partial charge in [-0.15, -0.1) is 0 Å². The van der Waals surface area contributed by atoms with Crippen LogP contribution in [0.4, 0.5) is 0 Å². The summed E-state index contributed by atoms with van der Waals surface area (Å²) in [6.07, 6.45) is 4.33. The van der Waals surface area contributed by atoms with Crippen molar-refractivity contribution in [3.8, 4) is 0 Å². The Morgan fingerprint density at radius 3 is 2.40 bits per heavy atom. The van der Waals surface area contributed by atoms with Gasteiger partial charge in [0.25, 0.3) is 0 Å². The third kappa shape index (κ3) is 4.30. The number of likely N-dealkylation sites (tertiary alicyclic amines) is 1. The van der Waals surface area contributed by atoms with E-state index in [0.717, 1.165) is 38.0 Å². The highest BCUT2D eigenvalue weighted by Crippen LogP contribution is 2.11. The summed E-state index contributed by atoms with van der Waals surface area (Å²) in [4.78, 5) is 2.75. The molecule has 2 rings (SSSR count). The summed E-state index contributed by atoms with van der Waals surface area (Å²) in [5, 5.41) is 0. The van der Waals surface area contributed by atoms with Gasteiger partial charge in [-0.3, -0.25) is 0 Å². The van der Waals surface area contributed by atoms with Gasteiger partial charge in [0.05, 0.1) is 4.90 Å². The maximum absolute atomic E-state index is 12.1. The number of hydrogen-bond acceptors (Lipinski definition) is 3. The Morgan fingerprint density at radius 2 is 1.80 bits per heavy atom. The molecule has 112 valence electrons. The molecule has 1 aliphatic heterocycles. The Labute approximate surface area is 122 Å². The van der Waals surface area contributed by atoms with Crippen molar-refractivity contribution in [2.75, 3.05) is 26.2 Å². The molecule has 1 aliphatic rings. The van der Waals surface area contributed by atoms with Gasteiger partial charge in [-0.25, -0.2) is 13.1 Å². The first-order valence-electron chi connectivity index (χ1n) is 7.43. The number of nitrogens with zero attached hydrogens (tertiary/aromatic N) is 1. The van der Waals surface area contributed by atoms with E-state index in [2.05, 4.69) is 16.5 Å². The quantitative estimate of drug-likeness (QED) is 0.783. The number of sulfonamides is 1. The van der Waals surface area contributed by atoms with Crippen LogP contribution in [0, 0.1) is 0 Å². The zero-order chi connectivity index (χ0) is 14.4. The van der Waals surface area contributed by atoms with Gasteiger partial charge in [-0.1, -0.05) is 19.1 Å². The predicted molar refractivity (Wildman–Crippen MR) is 81.3 cm³/mol. The average molecular weight is 296 g/mol. The molecule has 0 aromatic heterocycles. The molecule has 0 saturated carbocycles. The third-order valence-corrected chi connectivity index (χ3v) is 5.26. The van der Waals surface area contributed by atoms with Crippen LogP contribution < -0.4 is 4.72 Å². The second kappa shape index (κ2) is 7.20. The van der Waals surface area contributed by atoms with Crippen LogP contribution in [0.15, 0.2) is 29.2 Å². The van der Waals surface area contributed by atoms with Crippen LogP contribution >= 0.6 is 0 Å². The maximum atomic E-state index is 12.1. The molecule has 1 N–H and O–H groups in total. The highest BCUT2D eigenvalue weighted by atomic mass is 32.2. The average Bonchev–Trinajstić information content (AvgIpc) is 2.97. The molecular formula is C15H24N2O2S. The molecule has 0 radical (unpaired) electrons. The Hall–Kier alpha value is -0.910. The SMILES string of the molecule is CCc1ccc(S(=O)(=O)NCCCN2CCCC2)cc1. The first kappa shape index (κ1) is 15.5. The number of hydrogen-bond donors (Lipinski definition) is 1. The van der Waals surface area contributed by atoms with E-state index in [4.69, 9.17) is 0 Å². The minimum absolute atomic E-state index is 0.357. The van der Waals surface area contributed by atoms with Gasteiger partial charge in [-0.2, -0.15) is 0 Å². The molecule has 5 heteroatoms. The van der Waals surface area contributed by atoms with E-state index in [0.29, 0.717) is 11.4 Å². The highest BCUT2D eigenvalue weighted by Gasteiger charge is 2.14. The second-order valence-corrected chi connectivity index (χ2v) is 7.06. The molecule has 0 unspecified atom stereocenters. The van der Waals surface area contributed by atoms with E-state index in [-0.39, 0.29) is 0 Å². The lowest BCUT2D eigenvalue weighted by Gasteiger charge is -2.14. The van der Waals surface area contributed by atoms with E-state index in [1.807, 2.05) is 12.1 Å². The fraction of sp³-hybridized carbons (Fsp3) is 0.600. The molecular weight excluding hydrogens is 272 g/mol. The molecule has 0 aliphatic carbocycles. The molecule has 0 atom stereocenters. The lowest BCUT2D eigenvalue weighted by Crippen LogP contribution is -2.28. The highest BCUT2D eigenvalue weighted by molar-refractivity contribution is 7.89. The number of aryl methyl sites for hydroxylation is 1. The van der Waals surface area contributed by atoms with Crippen LogP contribution in [0.2, 0.25) is 0 Å². The van der Waals surface area contributed by atoms with E-state index < -0.39 is 10.0 Å². The summed E-state index contributed by atoms with van der Waals surface area (Å²) >= 11 is 0. The maximum Gasteiger partial charge on any atom is 0.240 e. The number of nitrogens with one attached hydrogen (secondary N) is 1. The van der Waals surface area contributed by atoms with Crippen LogP contribution in [-0.2, 0) is 16.4 Å². The lowest BCUT2D eigenvalue weighted by molar-refractivity contribution is 0.334. The van der Waals surface area contributed by atoms with Gasteiger partial charge in [0.2, 0.25) is 10.0 Å². The first-order chi connectivity index (χ1) is 9.62. The lowest BCUT2D eigenvalue weighted by atomic mass is 10.2. The van der Waals surface area contributed by atoms with Crippen molar-refractivity contribution in [1.82, 2.24) is 9.62 Å². The molecule has 1 aromatic rings. The van der Waals surface area contributed by atoms with E-state index in [1.165, 1.54) is 12.8 Å². The Morgan fingerprint density at radius 1 is 1.15 bits per heavy atom. The van der Waals surface area contributed by atoms with Crippen LogP contribution in [-0.4, -0.2) is 39.5 Å². The minimum atomic E-state index is -3.35. The van der Waals surface area contributed by atoms with Gasteiger partial charge < -0.3 is 4.90 Å². The third-order valence-electron chi connectivity index (χ3n) is 3.78. The van der Waals surface area contributed by atoms with Crippen molar-refractivity contribution in [2.24, 2.45) is 0 Å². The van der Waals surface area contributed by atoms with E-state index in [9.17, 15) is 8.42 Å². The summed E-state index contributed by atoms with van der Waals surface area (Å²) in [5.74, 6) is 0. The summed E-state index contributed by atoms with van der Waals surface area (Å²) < 4.78 is 26.9. The number of benzene rings is 1. The summed E-state index contributed by atoms with van der Waals surface area (Å²) in [7, 11) is -3.35. The monoisotopic (exact) mass is 296 g/mol. The van der Waals surface area contributed by atoms with Crippen LogP contribution in [0.5, 0.6) is 0 Å². The Bertz CT molecular complexity index is 505. The van der Waals surface area contributed by atoms with Crippen LogP contribution in [0.1, 0.15) is 31.7 Å². The molecule has 4 nitrogen and oxygen atoms in total. The molecule has 0 bridgehead atoms. The predicted octanol–water partition coefficient (Wildman–Crippen LogP) is 2.01. The number of rotatable bonds is 7. The fourth-order valence-corrected chi connectivity index (χ4v) is 3.58. The molecule has 1 aromatic carbocycles. The van der Waals surface area contributed by atoms with Gasteiger partial charge >= 0.3 is 0 Å². The molecule has 20 heavy (non-hydrogen) atoms. The largest absolute Gasteiger partial charge is 0.303 e. The Kier molecular flexibility index (Phi) is 5.57. The van der Waals surface area contributed by atoms with E-state index in [1.54, 1.807) is 12.1 Å². The topological polar surface area (TPSA) is 49.4 Å². The summed E-state index contributed by atoms with van der Waals surface area (Å²) in [6.45, 7) is 5.86. The standard InChI is InChI=1S/C15H24N2O2S/c1-2-14-6-8-15(9-7-14)20(18,19)16-10-5-13-17-11-3-4-12-17/h6-9,16H,2-5,10-13H2,1H3. The fourth-order valence-electron chi connectivity index (χ4n) is 2.50. The van der Waals surface area contributed by atoms with Gasteiger partial charge in [-0.05, 0) is 63.0 Å². The van der Waals surface area contributed by atoms with Crippen molar-refractivity contribution < 1.29 is 8.42 Å². The van der Waals surface area contributed by atoms with Crippen LogP contribution in [0.25, 0.3) is 0 Å².